The van der Waals surface area contributed by atoms with Crippen LogP contribution >= 0.6 is 0 Å². The molecule has 1 fully saturated rings. The molecule has 2 aliphatic rings. The van der Waals surface area contributed by atoms with Crippen LogP contribution in [-0.4, -0.2) is 35.8 Å². The van der Waals surface area contributed by atoms with Gasteiger partial charge in [-0.1, -0.05) is 19.1 Å². The zero-order chi connectivity index (χ0) is 17.1. The number of aryl methyl sites for hydroxylation is 1. The third-order valence-electron chi connectivity index (χ3n) is 5.33. The highest BCUT2D eigenvalue weighted by molar-refractivity contribution is 5.99. The number of hydrogen-bond donors (Lipinski definition) is 2. The lowest BCUT2D eigenvalue weighted by Gasteiger charge is -2.39. The fraction of sp³-hybridized carbons (Fsp3) is 0.579. The molecule has 2 heterocycles. The van der Waals surface area contributed by atoms with Gasteiger partial charge in [0.1, 0.15) is 0 Å². The molecule has 0 aromatic heterocycles. The quantitative estimate of drug-likeness (QED) is 0.868. The van der Waals surface area contributed by atoms with Crippen LogP contribution in [0.25, 0.3) is 0 Å². The molecular weight excluding hydrogens is 302 g/mol. The zero-order valence-corrected chi connectivity index (χ0v) is 14.4. The first-order chi connectivity index (χ1) is 11.6. The second kappa shape index (κ2) is 7.34. The predicted octanol–water partition coefficient (Wildman–Crippen LogP) is 2.09. The molecule has 3 N–H and O–H groups in total. The Morgan fingerprint density at radius 1 is 1.42 bits per heavy atom. The highest BCUT2D eigenvalue weighted by Gasteiger charge is 2.30. The van der Waals surface area contributed by atoms with E-state index in [1.807, 2.05) is 17.0 Å². The number of carbonyl (C=O) groups is 2. The molecule has 2 aliphatic heterocycles. The molecule has 3 rings (SSSR count). The number of anilines is 1. The number of hydrogen-bond acceptors (Lipinski definition) is 3. The lowest BCUT2D eigenvalue weighted by Crippen LogP contribution is -2.51. The van der Waals surface area contributed by atoms with E-state index in [1.54, 1.807) is 0 Å². The fourth-order valence-corrected chi connectivity index (χ4v) is 3.94. The lowest BCUT2D eigenvalue weighted by atomic mass is 9.90. The number of amides is 2. The molecule has 1 aromatic rings. The molecule has 2 atom stereocenters. The van der Waals surface area contributed by atoms with Crippen molar-refractivity contribution in [3.05, 3.63) is 29.3 Å². The van der Waals surface area contributed by atoms with Gasteiger partial charge in [-0.2, -0.15) is 0 Å². The maximum Gasteiger partial charge on any atom is 0.228 e. The Balaban J connectivity index is 1.52. The van der Waals surface area contributed by atoms with Crippen LogP contribution in [0.15, 0.2) is 18.2 Å². The maximum absolute atomic E-state index is 12.5. The standard InChI is InChI=1S/C19H27N3O2/c1-13-4-3-9-22(17(13)12-20)19(24)6-2-5-14-7-8-16-15(10-14)11-18(23)21-16/h7-8,10,13,17H,2-6,9,11-12,20H2,1H3,(H,21,23)/t13-,17-/m1/s1. The van der Waals surface area contributed by atoms with E-state index in [0.717, 1.165) is 43.5 Å². The van der Waals surface area contributed by atoms with Crippen molar-refractivity contribution in [1.29, 1.82) is 0 Å². The average molecular weight is 329 g/mol. The molecule has 24 heavy (non-hydrogen) atoms. The van der Waals surface area contributed by atoms with E-state index in [9.17, 15) is 9.59 Å². The Labute approximate surface area is 143 Å². The molecule has 1 aromatic carbocycles. The summed E-state index contributed by atoms with van der Waals surface area (Å²) >= 11 is 0. The molecule has 1 saturated heterocycles. The molecule has 5 heteroatoms. The third kappa shape index (κ3) is 3.61. The Hall–Kier alpha value is -1.88. The van der Waals surface area contributed by atoms with E-state index in [4.69, 9.17) is 5.73 Å². The summed E-state index contributed by atoms with van der Waals surface area (Å²) in [5.74, 6) is 0.786. The average Bonchev–Trinajstić information content (AvgIpc) is 2.93. The van der Waals surface area contributed by atoms with E-state index < -0.39 is 0 Å². The van der Waals surface area contributed by atoms with Gasteiger partial charge in [0.2, 0.25) is 11.8 Å². The number of carbonyl (C=O) groups excluding carboxylic acids is 2. The van der Waals surface area contributed by atoms with Crippen LogP contribution in [-0.2, 0) is 22.4 Å². The largest absolute Gasteiger partial charge is 0.338 e. The topological polar surface area (TPSA) is 75.4 Å². The number of nitrogens with one attached hydrogen (secondary N) is 1. The first-order valence-corrected chi connectivity index (χ1v) is 8.99. The van der Waals surface area contributed by atoms with Crippen LogP contribution in [0.4, 0.5) is 5.69 Å². The number of piperidine rings is 1. The molecule has 0 saturated carbocycles. The van der Waals surface area contributed by atoms with Crippen molar-refractivity contribution in [2.24, 2.45) is 11.7 Å². The maximum atomic E-state index is 12.5. The molecule has 0 bridgehead atoms. The summed E-state index contributed by atoms with van der Waals surface area (Å²) in [5, 5.41) is 2.85. The summed E-state index contributed by atoms with van der Waals surface area (Å²) in [6.45, 7) is 3.59. The summed E-state index contributed by atoms with van der Waals surface area (Å²) < 4.78 is 0. The van der Waals surface area contributed by atoms with Crippen molar-refractivity contribution < 1.29 is 9.59 Å². The van der Waals surface area contributed by atoms with Crippen molar-refractivity contribution in [2.75, 3.05) is 18.4 Å². The lowest BCUT2D eigenvalue weighted by molar-refractivity contribution is -0.136. The van der Waals surface area contributed by atoms with E-state index in [-0.39, 0.29) is 17.9 Å². The van der Waals surface area contributed by atoms with Crippen LogP contribution in [0.5, 0.6) is 0 Å². The van der Waals surface area contributed by atoms with Crippen LogP contribution < -0.4 is 11.1 Å². The highest BCUT2D eigenvalue weighted by Crippen LogP contribution is 2.26. The third-order valence-corrected chi connectivity index (χ3v) is 5.33. The molecule has 2 amide bonds. The predicted molar refractivity (Wildman–Crippen MR) is 94.7 cm³/mol. The SMILES string of the molecule is C[C@@H]1CCCN(C(=O)CCCc2ccc3c(c2)CC(=O)N3)[C@@H]1CN. The summed E-state index contributed by atoms with van der Waals surface area (Å²) in [6, 6.07) is 6.29. The van der Waals surface area contributed by atoms with Gasteiger partial charge in [0, 0.05) is 31.2 Å². The summed E-state index contributed by atoms with van der Waals surface area (Å²) in [4.78, 5) is 26.0. The Kier molecular flexibility index (Phi) is 5.19. The second-order valence-corrected chi connectivity index (χ2v) is 7.08. The van der Waals surface area contributed by atoms with Crippen LogP contribution in [0, 0.1) is 5.92 Å². The van der Waals surface area contributed by atoms with Gasteiger partial charge < -0.3 is 16.0 Å². The first kappa shape index (κ1) is 17.0. The van der Waals surface area contributed by atoms with Gasteiger partial charge >= 0.3 is 0 Å². The van der Waals surface area contributed by atoms with Gasteiger partial charge in [-0.05, 0) is 48.8 Å². The number of nitrogens with two attached hydrogens (primary N) is 1. The zero-order valence-electron chi connectivity index (χ0n) is 14.4. The number of likely N-dealkylation sites (tertiary alicyclic amines) is 1. The minimum atomic E-state index is 0.0596. The smallest absolute Gasteiger partial charge is 0.228 e. The summed E-state index contributed by atoms with van der Waals surface area (Å²) in [6.07, 6.45) is 4.97. The van der Waals surface area contributed by atoms with E-state index in [0.29, 0.717) is 25.3 Å². The van der Waals surface area contributed by atoms with Crippen LogP contribution in [0.1, 0.15) is 43.7 Å². The first-order valence-electron chi connectivity index (χ1n) is 8.99. The molecule has 130 valence electrons. The second-order valence-electron chi connectivity index (χ2n) is 7.08. The van der Waals surface area contributed by atoms with Crippen molar-refractivity contribution in [2.45, 2.75) is 51.5 Å². The number of benzene rings is 1. The van der Waals surface area contributed by atoms with E-state index in [2.05, 4.69) is 18.3 Å². The van der Waals surface area contributed by atoms with Crippen molar-refractivity contribution in [3.8, 4) is 0 Å². The van der Waals surface area contributed by atoms with Gasteiger partial charge in [0.25, 0.3) is 0 Å². The van der Waals surface area contributed by atoms with Crippen molar-refractivity contribution in [3.63, 3.8) is 0 Å². The Morgan fingerprint density at radius 3 is 3.04 bits per heavy atom. The molecule has 0 unspecified atom stereocenters. The van der Waals surface area contributed by atoms with Gasteiger partial charge in [-0.3, -0.25) is 9.59 Å². The Bertz CT molecular complexity index is 629. The summed E-state index contributed by atoms with van der Waals surface area (Å²) in [7, 11) is 0. The number of nitrogens with zero attached hydrogens (tertiary/aromatic N) is 1. The molecular formula is C19H27N3O2. The normalized spacial score (nSPS) is 23.1. The van der Waals surface area contributed by atoms with Crippen LogP contribution in [0.2, 0.25) is 0 Å². The van der Waals surface area contributed by atoms with Crippen LogP contribution in [0.3, 0.4) is 0 Å². The molecule has 0 aliphatic carbocycles. The van der Waals surface area contributed by atoms with Crippen molar-refractivity contribution in [1.82, 2.24) is 4.90 Å². The number of rotatable bonds is 5. The molecule has 5 nitrogen and oxygen atoms in total. The van der Waals surface area contributed by atoms with Gasteiger partial charge in [0.05, 0.1) is 6.42 Å². The van der Waals surface area contributed by atoms with E-state index in [1.165, 1.54) is 5.56 Å². The summed E-state index contributed by atoms with van der Waals surface area (Å²) in [5.41, 5.74) is 9.06. The number of fused-ring (bicyclic) bond motifs is 1. The molecule has 0 radical (unpaired) electrons. The van der Waals surface area contributed by atoms with Gasteiger partial charge in [-0.15, -0.1) is 0 Å². The monoisotopic (exact) mass is 329 g/mol. The minimum Gasteiger partial charge on any atom is -0.338 e. The van der Waals surface area contributed by atoms with Gasteiger partial charge in [0.15, 0.2) is 0 Å². The fourth-order valence-electron chi connectivity index (χ4n) is 3.94. The highest BCUT2D eigenvalue weighted by atomic mass is 16.2. The molecule has 0 spiro atoms. The van der Waals surface area contributed by atoms with Crippen molar-refractivity contribution >= 4 is 17.5 Å². The van der Waals surface area contributed by atoms with E-state index >= 15 is 0 Å². The van der Waals surface area contributed by atoms with Gasteiger partial charge in [-0.25, -0.2) is 0 Å². The minimum absolute atomic E-state index is 0.0596. The Morgan fingerprint density at radius 2 is 2.25 bits per heavy atom.